The summed E-state index contributed by atoms with van der Waals surface area (Å²) in [7, 11) is 0. The number of hydrogen-bond donors (Lipinski definition) is 1. The molecule has 0 spiro atoms. The molecule has 8 heteroatoms. The van der Waals surface area contributed by atoms with E-state index in [1.165, 1.54) is 35.6 Å². The number of amides is 1. The number of hydrogen-bond acceptors (Lipinski definition) is 5. The van der Waals surface area contributed by atoms with Crippen LogP contribution < -0.4 is 5.32 Å². The number of non-ortho nitro benzene ring substituents is 1. The summed E-state index contributed by atoms with van der Waals surface area (Å²) in [5, 5.41) is 14.0. The number of nitro groups is 1. The summed E-state index contributed by atoms with van der Waals surface area (Å²) in [6, 6.07) is 13.3. The van der Waals surface area contributed by atoms with Crippen LogP contribution in [0.5, 0.6) is 0 Å². The predicted octanol–water partition coefficient (Wildman–Crippen LogP) is 5.30. The molecule has 0 saturated carbocycles. The highest BCUT2D eigenvalue weighted by Crippen LogP contribution is 2.32. The number of aryl methyl sites for hydroxylation is 1. The van der Waals surface area contributed by atoms with Gasteiger partial charge in [-0.25, -0.2) is 4.98 Å². The van der Waals surface area contributed by atoms with E-state index in [1.807, 2.05) is 31.2 Å². The molecule has 1 aromatic heterocycles. The van der Waals surface area contributed by atoms with E-state index in [1.54, 1.807) is 0 Å². The minimum atomic E-state index is -0.499. The van der Waals surface area contributed by atoms with Gasteiger partial charge in [-0.05, 0) is 30.7 Å². The van der Waals surface area contributed by atoms with Crippen LogP contribution in [-0.4, -0.2) is 15.8 Å². The maximum atomic E-state index is 12.4. The van der Waals surface area contributed by atoms with Crippen LogP contribution in [0, 0.1) is 10.1 Å². The topological polar surface area (TPSA) is 85.1 Å². The van der Waals surface area contributed by atoms with Crippen molar-refractivity contribution in [3.8, 4) is 11.3 Å². The lowest BCUT2D eigenvalue weighted by molar-refractivity contribution is -0.384. The zero-order chi connectivity index (χ0) is 18.7. The van der Waals surface area contributed by atoms with Crippen molar-refractivity contribution < 1.29 is 9.72 Å². The van der Waals surface area contributed by atoms with Crippen LogP contribution in [0.1, 0.15) is 22.2 Å². The summed E-state index contributed by atoms with van der Waals surface area (Å²) in [6.07, 6.45) is 0.802. The minimum absolute atomic E-state index is 0.0541. The first-order chi connectivity index (χ1) is 12.5. The average molecular weight is 432 g/mol. The summed E-state index contributed by atoms with van der Waals surface area (Å²) < 4.78 is 0.987. The van der Waals surface area contributed by atoms with E-state index >= 15 is 0 Å². The standard InChI is InChI=1S/C18H14BrN3O3S/c1-2-15-16(11-3-7-13(19)8-4-11)20-18(26-15)21-17(23)12-5-9-14(10-6-12)22(24)25/h3-10H,2H2,1H3,(H,20,21,23). The molecule has 132 valence electrons. The fraction of sp³-hybridized carbons (Fsp3) is 0.111. The van der Waals surface area contributed by atoms with Gasteiger partial charge in [0.25, 0.3) is 11.6 Å². The molecule has 0 atom stereocenters. The Hall–Kier alpha value is -2.58. The third-order valence-corrected chi connectivity index (χ3v) is 5.34. The van der Waals surface area contributed by atoms with Crippen molar-refractivity contribution in [2.45, 2.75) is 13.3 Å². The molecule has 0 unspecified atom stereocenters. The number of anilines is 1. The van der Waals surface area contributed by atoms with E-state index in [0.717, 1.165) is 27.0 Å². The van der Waals surface area contributed by atoms with Crippen LogP contribution in [0.3, 0.4) is 0 Å². The SMILES string of the molecule is CCc1sc(NC(=O)c2ccc([N+](=O)[O-])cc2)nc1-c1ccc(Br)cc1. The number of nitrogens with zero attached hydrogens (tertiary/aromatic N) is 2. The third-order valence-electron chi connectivity index (χ3n) is 3.70. The Morgan fingerprint density at radius 3 is 2.42 bits per heavy atom. The van der Waals surface area contributed by atoms with Gasteiger partial charge in [0.05, 0.1) is 10.6 Å². The van der Waals surface area contributed by atoms with Gasteiger partial charge in [0, 0.05) is 32.6 Å². The van der Waals surface area contributed by atoms with E-state index in [0.29, 0.717) is 10.7 Å². The number of halogens is 1. The summed E-state index contributed by atoms with van der Waals surface area (Å²) in [6.45, 7) is 2.04. The molecular weight excluding hydrogens is 418 g/mol. The molecule has 3 rings (SSSR count). The smallest absolute Gasteiger partial charge is 0.269 e. The van der Waals surface area contributed by atoms with Crippen molar-refractivity contribution in [2.24, 2.45) is 0 Å². The number of thiazole rings is 1. The second kappa shape index (κ2) is 7.76. The average Bonchev–Trinajstić information content (AvgIpc) is 3.05. The Morgan fingerprint density at radius 2 is 1.85 bits per heavy atom. The van der Waals surface area contributed by atoms with Crippen molar-refractivity contribution in [3.63, 3.8) is 0 Å². The fourth-order valence-electron chi connectivity index (χ4n) is 2.38. The zero-order valence-electron chi connectivity index (χ0n) is 13.7. The van der Waals surface area contributed by atoms with Crippen LogP contribution in [0.4, 0.5) is 10.8 Å². The molecule has 6 nitrogen and oxygen atoms in total. The van der Waals surface area contributed by atoms with Gasteiger partial charge in [-0.3, -0.25) is 20.2 Å². The van der Waals surface area contributed by atoms with E-state index in [2.05, 4.69) is 26.2 Å². The Labute approximate surface area is 162 Å². The van der Waals surface area contributed by atoms with E-state index in [9.17, 15) is 14.9 Å². The Kier molecular flexibility index (Phi) is 5.43. The highest BCUT2D eigenvalue weighted by molar-refractivity contribution is 9.10. The molecule has 26 heavy (non-hydrogen) atoms. The van der Waals surface area contributed by atoms with Crippen molar-refractivity contribution in [2.75, 3.05) is 5.32 Å². The Morgan fingerprint density at radius 1 is 1.19 bits per heavy atom. The highest BCUT2D eigenvalue weighted by atomic mass is 79.9. The van der Waals surface area contributed by atoms with E-state index < -0.39 is 4.92 Å². The third kappa shape index (κ3) is 3.97. The predicted molar refractivity (Wildman–Crippen MR) is 106 cm³/mol. The van der Waals surface area contributed by atoms with Gasteiger partial charge in [-0.15, -0.1) is 11.3 Å². The number of benzene rings is 2. The van der Waals surface area contributed by atoms with Crippen molar-refractivity contribution in [1.82, 2.24) is 4.98 Å². The summed E-state index contributed by atoms with van der Waals surface area (Å²) >= 11 is 4.84. The highest BCUT2D eigenvalue weighted by Gasteiger charge is 2.15. The lowest BCUT2D eigenvalue weighted by atomic mass is 10.1. The first kappa shape index (κ1) is 18.2. The van der Waals surface area contributed by atoms with Crippen LogP contribution in [0.2, 0.25) is 0 Å². The van der Waals surface area contributed by atoms with Crippen LogP contribution >= 0.6 is 27.3 Å². The maximum Gasteiger partial charge on any atom is 0.269 e. The quantitative estimate of drug-likeness (QED) is 0.438. The van der Waals surface area contributed by atoms with Crippen molar-refractivity contribution in [1.29, 1.82) is 0 Å². The number of nitrogens with one attached hydrogen (secondary N) is 1. The Balaban J connectivity index is 1.82. The van der Waals surface area contributed by atoms with Crippen molar-refractivity contribution in [3.05, 3.63) is 73.6 Å². The molecule has 0 radical (unpaired) electrons. The molecule has 1 heterocycles. The van der Waals surface area contributed by atoms with E-state index in [-0.39, 0.29) is 11.6 Å². The van der Waals surface area contributed by atoms with Gasteiger partial charge >= 0.3 is 0 Å². The number of nitro benzene ring substituents is 1. The van der Waals surface area contributed by atoms with E-state index in [4.69, 9.17) is 0 Å². The number of carbonyl (C=O) groups is 1. The lowest BCUT2D eigenvalue weighted by Crippen LogP contribution is -2.11. The molecule has 0 aliphatic rings. The number of rotatable bonds is 5. The first-order valence-corrected chi connectivity index (χ1v) is 9.40. The minimum Gasteiger partial charge on any atom is -0.298 e. The fourth-order valence-corrected chi connectivity index (χ4v) is 3.56. The number of aromatic nitrogens is 1. The molecule has 0 bridgehead atoms. The molecule has 2 aromatic carbocycles. The maximum absolute atomic E-state index is 12.4. The summed E-state index contributed by atoms with van der Waals surface area (Å²) in [4.78, 5) is 28.2. The second-order valence-electron chi connectivity index (χ2n) is 5.41. The molecule has 1 amide bonds. The van der Waals surface area contributed by atoms with Crippen LogP contribution in [0.15, 0.2) is 53.0 Å². The molecule has 3 aromatic rings. The van der Waals surface area contributed by atoms with Crippen molar-refractivity contribution >= 4 is 44.0 Å². The normalized spacial score (nSPS) is 10.5. The molecular formula is C18H14BrN3O3S. The van der Waals surface area contributed by atoms with Gasteiger partial charge < -0.3 is 0 Å². The number of carbonyl (C=O) groups excluding carboxylic acids is 1. The first-order valence-electron chi connectivity index (χ1n) is 7.79. The van der Waals surface area contributed by atoms with Crippen LogP contribution in [-0.2, 0) is 6.42 Å². The largest absolute Gasteiger partial charge is 0.298 e. The molecule has 0 aliphatic carbocycles. The summed E-state index contributed by atoms with van der Waals surface area (Å²) in [5.74, 6) is -0.348. The lowest BCUT2D eigenvalue weighted by Gasteiger charge is -2.01. The molecule has 1 N–H and O–H groups in total. The second-order valence-corrected chi connectivity index (χ2v) is 7.41. The van der Waals surface area contributed by atoms with Gasteiger partial charge in [-0.2, -0.15) is 0 Å². The van der Waals surface area contributed by atoms with Gasteiger partial charge in [0.2, 0.25) is 0 Å². The zero-order valence-corrected chi connectivity index (χ0v) is 16.1. The molecule has 0 saturated heterocycles. The van der Waals surface area contributed by atoms with Gasteiger partial charge in [0.1, 0.15) is 0 Å². The van der Waals surface area contributed by atoms with Gasteiger partial charge in [0.15, 0.2) is 5.13 Å². The summed E-state index contributed by atoms with van der Waals surface area (Å²) in [5.41, 5.74) is 2.12. The Bertz CT molecular complexity index is 953. The molecule has 0 fully saturated rings. The monoisotopic (exact) mass is 431 g/mol. The molecule has 0 aliphatic heterocycles. The van der Waals surface area contributed by atoms with Crippen LogP contribution in [0.25, 0.3) is 11.3 Å². The van der Waals surface area contributed by atoms with Gasteiger partial charge in [-0.1, -0.05) is 35.0 Å².